The van der Waals surface area contributed by atoms with E-state index < -0.39 is 6.10 Å². The first-order chi connectivity index (χ1) is 11.1. The third-order valence-electron chi connectivity index (χ3n) is 3.72. The van der Waals surface area contributed by atoms with Gasteiger partial charge in [0.15, 0.2) is 0 Å². The normalized spacial score (nSPS) is 13.5. The predicted molar refractivity (Wildman–Crippen MR) is 92.8 cm³/mol. The topological polar surface area (TPSA) is 58.6 Å². The molecule has 2 aromatic rings. The maximum Gasteiger partial charge on any atom is 0.348 e. The summed E-state index contributed by atoms with van der Waals surface area (Å²) in [5, 5.41) is 13.5. The van der Waals surface area contributed by atoms with Crippen molar-refractivity contribution >= 4 is 17.3 Å². The second-order valence-electron chi connectivity index (χ2n) is 5.53. The number of rotatable bonds is 8. The number of methoxy groups -OCH3 is 1. The number of carbonyl (C=O) groups is 1. The van der Waals surface area contributed by atoms with E-state index in [1.165, 1.54) is 23.3 Å². The maximum absolute atomic E-state index is 11.4. The van der Waals surface area contributed by atoms with Crippen molar-refractivity contribution in [1.82, 2.24) is 5.32 Å². The fourth-order valence-corrected chi connectivity index (χ4v) is 3.23. The molecule has 4 nitrogen and oxygen atoms in total. The standard InChI is InChI=1S/C18H23NO3S/c1-13(19-12-16(20)14-6-4-3-5-7-14)8-9-15-10-11-17(23-15)18(21)22-2/h3-7,10-11,13,16,19-20H,8-9,12H2,1-2H3/t13?,16-/m0/s1. The zero-order valence-electron chi connectivity index (χ0n) is 13.5. The van der Waals surface area contributed by atoms with Gasteiger partial charge in [-0.25, -0.2) is 4.79 Å². The monoisotopic (exact) mass is 333 g/mol. The van der Waals surface area contributed by atoms with Crippen molar-refractivity contribution in [1.29, 1.82) is 0 Å². The van der Waals surface area contributed by atoms with E-state index >= 15 is 0 Å². The number of esters is 1. The van der Waals surface area contributed by atoms with Crippen LogP contribution in [0.2, 0.25) is 0 Å². The third-order valence-corrected chi connectivity index (χ3v) is 4.84. The van der Waals surface area contributed by atoms with Crippen LogP contribution in [-0.2, 0) is 11.2 Å². The van der Waals surface area contributed by atoms with Crippen molar-refractivity contribution in [3.8, 4) is 0 Å². The highest BCUT2D eigenvalue weighted by Gasteiger charge is 2.11. The molecule has 1 aromatic carbocycles. The Morgan fingerprint density at radius 3 is 2.70 bits per heavy atom. The van der Waals surface area contributed by atoms with Crippen molar-refractivity contribution < 1.29 is 14.6 Å². The number of hydrogen-bond donors (Lipinski definition) is 2. The van der Waals surface area contributed by atoms with Gasteiger partial charge in [0.2, 0.25) is 0 Å². The summed E-state index contributed by atoms with van der Waals surface area (Å²) >= 11 is 1.48. The van der Waals surface area contributed by atoms with Gasteiger partial charge >= 0.3 is 5.97 Å². The van der Waals surface area contributed by atoms with Gasteiger partial charge < -0.3 is 15.2 Å². The minimum Gasteiger partial charge on any atom is -0.465 e. The van der Waals surface area contributed by atoms with E-state index in [-0.39, 0.29) is 12.0 Å². The molecule has 0 saturated carbocycles. The molecule has 1 unspecified atom stereocenters. The first-order valence-corrected chi connectivity index (χ1v) is 8.55. The Morgan fingerprint density at radius 1 is 1.26 bits per heavy atom. The van der Waals surface area contributed by atoms with E-state index in [2.05, 4.69) is 12.2 Å². The summed E-state index contributed by atoms with van der Waals surface area (Å²) in [7, 11) is 1.39. The van der Waals surface area contributed by atoms with Gasteiger partial charge in [0.1, 0.15) is 4.88 Å². The lowest BCUT2D eigenvalue weighted by Gasteiger charge is -2.17. The minimum absolute atomic E-state index is 0.279. The summed E-state index contributed by atoms with van der Waals surface area (Å²) in [5.41, 5.74) is 0.924. The van der Waals surface area contributed by atoms with E-state index in [1.54, 1.807) is 0 Å². The van der Waals surface area contributed by atoms with E-state index in [0.717, 1.165) is 18.4 Å². The minimum atomic E-state index is -0.494. The first kappa shape index (κ1) is 17.7. The molecule has 0 aliphatic heterocycles. The number of hydrogen-bond acceptors (Lipinski definition) is 5. The Labute approximate surface area is 141 Å². The fraction of sp³-hybridized carbons (Fsp3) is 0.389. The zero-order valence-corrected chi connectivity index (χ0v) is 14.3. The molecule has 0 fully saturated rings. The van der Waals surface area contributed by atoms with Crippen LogP contribution in [0.25, 0.3) is 0 Å². The quantitative estimate of drug-likeness (QED) is 0.729. The molecule has 2 N–H and O–H groups in total. The van der Waals surface area contributed by atoms with Crippen LogP contribution >= 0.6 is 11.3 Å². The van der Waals surface area contributed by atoms with Crippen molar-refractivity contribution in [2.24, 2.45) is 0 Å². The lowest BCUT2D eigenvalue weighted by molar-refractivity contribution is 0.0606. The maximum atomic E-state index is 11.4. The second-order valence-corrected chi connectivity index (χ2v) is 6.70. The molecule has 0 amide bonds. The lowest BCUT2D eigenvalue weighted by Crippen LogP contribution is -2.30. The Bertz CT molecular complexity index is 612. The van der Waals surface area contributed by atoms with Gasteiger partial charge in [-0.05, 0) is 37.5 Å². The zero-order chi connectivity index (χ0) is 16.7. The molecular formula is C18H23NO3S. The molecule has 0 saturated heterocycles. The predicted octanol–water partition coefficient (Wildman–Crippen LogP) is 3.18. The fourth-order valence-electron chi connectivity index (χ4n) is 2.29. The van der Waals surface area contributed by atoms with Gasteiger partial charge in [0.05, 0.1) is 13.2 Å². The molecule has 1 heterocycles. The summed E-state index contributed by atoms with van der Waals surface area (Å²) in [6.45, 7) is 2.63. The van der Waals surface area contributed by atoms with E-state index in [9.17, 15) is 9.90 Å². The highest BCUT2D eigenvalue weighted by atomic mass is 32.1. The number of ether oxygens (including phenoxy) is 1. The number of carbonyl (C=O) groups excluding carboxylic acids is 1. The van der Waals surface area contributed by atoms with Crippen molar-refractivity contribution in [3.05, 3.63) is 57.8 Å². The molecule has 5 heteroatoms. The first-order valence-electron chi connectivity index (χ1n) is 7.73. The molecule has 0 spiro atoms. The van der Waals surface area contributed by atoms with Crippen LogP contribution in [0.5, 0.6) is 0 Å². The van der Waals surface area contributed by atoms with Crippen LogP contribution in [0.4, 0.5) is 0 Å². The van der Waals surface area contributed by atoms with Gasteiger partial charge in [0.25, 0.3) is 0 Å². The van der Waals surface area contributed by atoms with E-state index in [4.69, 9.17) is 4.74 Å². The number of thiophene rings is 1. The molecule has 1 aromatic heterocycles. The van der Waals surface area contributed by atoms with Crippen molar-refractivity contribution in [3.63, 3.8) is 0 Å². The Balaban J connectivity index is 1.74. The van der Waals surface area contributed by atoms with Crippen LogP contribution in [0.1, 0.15) is 39.6 Å². The Kier molecular flexibility index (Phi) is 6.77. The number of aliphatic hydroxyl groups is 1. The van der Waals surface area contributed by atoms with Crippen molar-refractivity contribution in [2.45, 2.75) is 31.9 Å². The van der Waals surface area contributed by atoms with E-state index in [0.29, 0.717) is 11.4 Å². The Hall–Kier alpha value is -1.69. The third kappa shape index (κ3) is 5.46. The highest BCUT2D eigenvalue weighted by Crippen LogP contribution is 2.19. The molecule has 23 heavy (non-hydrogen) atoms. The highest BCUT2D eigenvalue weighted by molar-refractivity contribution is 7.13. The largest absolute Gasteiger partial charge is 0.465 e. The molecule has 0 aliphatic rings. The number of benzene rings is 1. The SMILES string of the molecule is COC(=O)c1ccc(CCC(C)NC[C@H](O)c2ccccc2)s1. The smallest absolute Gasteiger partial charge is 0.348 e. The average Bonchev–Trinajstić information content (AvgIpc) is 3.07. The second kappa shape index (κ2) is 8.82. The lowest BCUT2D eigenvalue weighted by atomic mass is 10.1. The van der Waals surface area contributed by atoms with Crippen molar-refractivity contribution in [2.75, 3.05) is 13.7 Å². The average molecular weight is 333 g/mol. The number of aryl methyl sites for hydroxylation is 1. The van der Waals surface area contributed by atoms with Gasteiger partial charge in [-0.15, -0.1) is 11.3 Å². The van der Waals surface area contributed by atoms with Crippen LogP contribution in [0.15, 0.2) is 42.5 Å². The van der Waals surface area contributed by atoms with Gasteiger partial charge in [-0.2, -0.15) is 0 Å². The molecule has 0 radical (unpaired) electrons. The number of nitrogens with one attached hydrogen (secondary N) is 1. The molecule has 2 rings (SSSR count). The summed E-state index contributed by atoms with van der Waals surface area (Å²) in [6.07, 6.45) is 1.35. The van der Waals surface area contributed by atoms with Crippen LogP contribution < -0.4 is 5.32 Å². The van der Waals surface area contributed by atoms with E-state index in [1.807, 2.05) is 42.5 Å². The molecule has 2 atom stereocenters. The van der Waals surface area contributed by atoms with Gasteiger partial charge in [0, 0.05) is 17.5 Å². The number of aliphatic hydroxyl groups excluding tert-OH is 1. The summed E-state index contributed by atoms with van der Waals surface area (Å²) in [4.78, 5) is 13.2. The summed E-state index contributed by atoms with van der Waals surface area (Å²) < 4.78 is 4.71. The van der Waals surface area contributed by atoms with Crippen LogP contribution in [0.3, 0.4) is 0 Å². The molecule has 0 bridgehead atoms. The molecular weight excluding hydrogens is 310 g/mol. The summed E-state index contributed by atoms with van der Waals surface area (Å²) in [5.74, 6) is -0.279. The van der Waals surface area contributed by atoms with Crippen LogP contribution in [-0.4, -0.2) is 30.8 Å². The summed E-state index contributed by atoms with van der Waals surface area (Å²) in [6, 6.07) is 13.7. The molecule has 0 aliphatic carbocycles. The Morgan fingerprint density at radius 2 is 2.00 bits per heavy atom. The van der Waals surface area contributed by atoms with Crippen LogP contribution in [0, 0.1) is 0 Å². The molecule has 124 valence electrons. The van der Waals surface area contributed by atoms with Gasteiger partial charge in [-0.3, -0.25) is 0 Å². The van der Waals surface area contributed by atoms with Gasteiger partial charge in [-0.1, -0.05) is 30.3 Å².